The largest absolute Gasteiger partial charge is 0.351 e. The first-order chi connectivity index (χ1) is 23.4. The maximum atomic E-state index is 13.8. The summed E-state index contributed by atoms with van der Waals surface area (Å²) in [6, 6.07) is 10.3. The molecule has 2 aliphatic rings. The van der Waals surface area contributed by atoms with E-state index < -0.39 is 38.2 Å². The second-order valence-electron chi connectivity index (χ2n) is 13.0. The van der Waals surface area contributed by atoms with Gasteiger partial charge in [0.1, 0.15) is 36.0 Å². The average molecular weight is 692 g/mol. The minimum absolute atomic E-state index is 0.0983. The highest BCUT2D eigenvalue weighted by atomic mass is 31.2. The van der Waals surface area contributed by atoms with Gasteiger partial charge in [0.15, 0.2) is 6.23 Å². The Bertz CT molecular complexity index is 1710. The number of amides is 1. The minimum Gasteiger partial charge on any atom is -0.347 e. The number of ether oxygens (including phenoxy) is 1. The zero-order valence-corrected chi connectivity index (χ0v) is 30.3. The normalized spacial score (nSPS) is 22.2. The molecule has 3 aromatic rings. The lowest BCUT2D eigenvalue weighted by Gasteiger charge is -2.38. The van der Waals surface area contributed by atoms with Gasteiger partial charge in [0, 0.05) is 49.7 Å². The highest BCUT2D eigenvalue weighted by Gasteiger charge is 2.66. The number of hydrogen-bond acceptors (Lipinski definition) is 11. The van der Waals surface area contributed by atoms with Gasteiger partial charge < -0.3 is 33.7 Å². The lowest BCUT2D eigenvalue weighted by molar-refractivity contribution is -0.104. The molecule has 1 N–H and O–H groups in total. The molecule has 4 heterocycles. The van der Waals surface area contributed by atoms with Crippen molar-refractivity contribution in [1.82, 2.24) is 24.2 Å². The van der Waals surface area contributed by atoms with Crippen LogP contribution in [0.15, 0.2) is 53.6 Å². The summed E-state index contributed by atoms with van der Waals surface area (Å²) in [7, 11) is 2.14. The third-order valence-corrected chi connectivity index (χ3v) is 10.8. The molecule has 1 aromatic carbocycles. The number of aromatic nitrogens is 4. The van der Waals surface area contributed by atoms with Gasteiger partial charge in [-0.25, -0.2) is 21.0 Å². The highest BCUT2D eigenvalue weighted by molar-refractivity contribution is 7.44. The number of fused-ring (bicyclic) bond motifs is 2. The molecule has 5 rings (SSSR count). The number of anilines is 3. The second kappa shape index (κ2) is 15.3. The van der Waals surface area contributed by atoms with Crippen molar-refractivity contribution in [2.45, 2.75) is 84.0 Å². The molecule has 2 bridgehead atoms. The van der Waals surface area contributed by atoms with E-state index in [-0.39, 0.29) is 37.0 Å². The summed E-state index contributed by atoms with van der Waals surface area (Å²) in [6.45, 7) is 20.4. The Balaban J connectivity index is 1.57. The number of carbonyl (C=O) groups excluding carboxylic acids is 1. The number of morpholine rings is 1. The summed E-state index contributed by atoms with van der Waals surface area (Å²) in [6.07, 6.45) is 2.63. The molecule has 262 valence electrons. The van der Waals surface area contributed by atoms with Crippen LogP contribution in [0.3, 0.4) is 0 Å². The topological polar surface area (TPSA) is 132 Å². The summed E-state index contributed by atoms with van der Waals surface area (Å²) < 4.78 is 23.9. The first-order valence-electron chi connectivity index (χ1n) is 16.5. The number of nitrogens with one attached hydrogen (secondary N) is 1. The van der Waals surface area contributed by atoms with E-state index in [0.29, 0.717) is 35.9 Å². The molecule has 5 atom stereocenters. The van der Waals surface area contributed by atoms with Crippen molar-refractivity contribution in [1.29, 1.82) is 0 Å². The van der Waals surface area contributed by atoms with Crippen LogP contribution in [-0.4, -0.2) is 93.7 Å². The van der Waals surface area contributed by atoms with Crippen molar-refractivity contribution in [2.75, 3.05) is 48.9 Å². The van der Waals surface area contributed by atoms with Gasteiger partial charge in [0.2, 0.25) is 12.5 Å². The molecular formula is C34H46N9O5P. The molecule has 0 radical (unpaired) electrons. The van der Waals surface area contributed by atoms with Crippen molar-refractivity contribution in [3.8, 4) is 0 Å². The maximum Gasteiger partial charge on any atom is 0.351 e. The van der Waals surface area contributed by atoms with Crippen LogP contribution in [0.1, 0.15) is 63.2 Å². The molecule has 49 heavy (non-hydrogen) atoms. The Morgan fingerprint density at radius 2 is 1.90 bits per heavy atom. The molecule has 0 spiro atoms. The van der Waals surface area contributed by atoms with Crippen LogP contribution in [-0.2, 0) is 13.8 Å². The van der Waals surface area contributed by atoms with E-state index in [1.165, 1.54) is 4.57 Å². The maximum absolute atomic E-state index is 13.8. The number of hydrogen-bond donors (Lipinski definition) is 1. The van der Waals surface area contributed by atoms with E-state index in [1.54, 1.807) is 43.6 Å². The van der Waals surface area contributed by atoms with Crippen LogP contribution in [0.5, 0.6) is 0 Å². The fraction of sp³-hybridized carbons (Fsp3) is 0.529. The Morgan fingerprint density at radius 1 is 1.18 bits per heavy atom. The first-order valence-corrected chi connectivity index (χ1v) is 17.7. The Labute approximate surface area is 289 Å². The van der Waals surface area contributed by atoms with E-state index >= 15 is 0 Å². The lowest BCUT2D eigenvalue weighted by Crippen LogP contribution is -2.48. The molecule has 2 fully saturated rings. The van der Waals surface area contributed by atoms with Gasteiger partial charge in [-0.05, 0) is 59.2 Å². The van der Waals surface area contributed by atoms with E-state index in [9.17, 15) is 9.59 Å². The Hall–Kier alpha value is -3.99. The molecule has 1 amide bonds. The van der Waals surface area contributed by atoms with Crippen LogP contribution >= 0.6 is 8.53 Å². The van der Waals surface area contributed by atoms with Gasteiger partial charge >= 0.3 is 5.69 Å². The van der Waals surface area contributed by atoms with E-state index in [0.717, 1.165) is 0 Å². The van der Waals surface area contributed by atoms with Crippen molar-refractivity contribution < 1.29 is 18.6 Å². The van der Waals surface area contributed by atoms with Gasteiger partial charge in [-0.2, -0.15) is 9.97 Å². The number of carbonyl (C=O) groups is 1. The van der Waals surface area contributed by atoms with Crippen molar-refractivity contribution in [3.63, 3.8) is 0 Å². The summed E-state index contributed by atoms with van der Waals surface area (Å²) in [5.74, 6) is 1.04. The zero-order valence-electron chi connectivity index (χ0n) is 29.4. The first kappa shape index (κ1) is 36.3. The number of nitrogens with zero attached hydrogens (tertiary/aromatic N) is 8. The van der Waals surface area contributed by atoms with Crippen molar-refractivity contribution in [3.05, 3.63) is 81.8 Å². The van der Waals surface area contributed by atoms with Gasteiger partial charge in [-0.3, -0.25) is 9.36 Å². The molecule has 2 aromatic heterocycles. The third kappa shape index (κ3) is 7.46. The summed E-state index contributed by atoms with van der Waals surface area (Å²) >= 11 is 0. The van der Waals surface area contributed by atoms with Crippen molar-refractivity contribution in [2.24, 2.45) is 0 Å². The SMILES string of the molecule is [C-]#[N+]CCOP(O[C@H]1[C@@H]2[C@H](n3cc(C)c(NC(=O)c4ccccc4)nc3=O)O[C@@]1(CC)CN2c1ccnc(N(C)C)n1)N(C(C)C)C(C)C. The predicted octanol–water partition coefficient (Wildman–Crippen LogP) is 4.89. The quantitative estimate of drug-likeness (QED) is 0.141. The molecule has 15 heteroatoms. The van der Waals surface area contributed by atoms with Gasteiger partial charge in [0.05, 0.1) is 6.54 Å². The molecule has 1 unspecified atom stereocenters. The van der Waals surface area contributed by atoms with Crippen LogP contribution in [0.2, 0.25) is 0 Å². The molecular weight excluding hydrogens is 645 g/mol. The van der Waals surface area contributed by atoms with E-state index in [1.807, 2.05) is 38.1 Å². The Morgan fingerprint density at radius 3 is 2.53 bits per heavy atom. The van der Waals surface area contributed by atoms with Crippen LogP contribution in [0, 0.1) is 13.5 Å². The lowest BCUT2D eigenvalue weighted by atomic mass is 9.96. The predicted molar refractivity (Wildman–Crippen MR) is 190 cm³/mol. The molecule has 0 saturated carbocycles. The fourth-order valence-electron chi connectivity index (χ4n) is 6.43. The number of benzene rings is 1. The monoisotopic (exact) mass is 691 g/mol. The van der Waals surface area contributed by atoms with Gasteiger partial charge in [0.25, 0.3) is 14.4 Å². The molecule has 2 saturated heterocycles. The van der Waals surface area contributed by atoms with Crippen LogP contribution in [0.25, 0.3) is 4.85 Å². The summed E-state index contributed by atoms with van der Waals surface area (Å²) in [5, 5.41) is 2.78. The standard InChI is InChI=1S/C34H46N9O5P/c1-10-34-21-42(26-16-17-36-32(37-26)40(8)9)27(28(34)48-49(46-19-18-35-7)43(22(2)3)23(4)5)31(47-34)41-20-24(6)29(39-33(41)45)38-30(44)25-14-12-11-13-15-25/h11-17,20,22-23,27-28,31H,10,18-19,21H2,1-6,8-9H3,(H,38,39,44,45)/t27-,28+,31-,34+,49?/m1/s1. The fourth-order valence-corrected chi connectivity index (χ4v) is 8.24. The average Bonchev–Trinajstić information content (AvgIpc) is 3.55. The number of aryl methyl sites for hydroxylation is 1. The smallest absolute Gasteiger partial charge is 0.347 e. The van der Waals surface area contributed by atoms with E-state index in [2.05, 4.69) is 57.4 Å². The van der Waals surface area contributed by atoms with Gasteiger partial charge in [-0.1, -0.05) is 25.1 Å². The summed E-state index contributed by atoms with van der Waals surface area (Å²) in [4.78, 5) is 47.8. The highest BCUT2D eigenvalue weighted by Crippen LogP contribution is 2.57. The zero-order chi connectivity index (χ0) is 35.5. The number of rotatable bonds is 14. The minimum atomic E-state index is -1.63. The van der Waals surface area contributed by atoms with Crippen LogP contribution < -0.4 is 20.8 Å². The molecule has 14 nitrogen and oxygen atoms in total. The van der Waals surface area contributed by atoms with Gasteiger partial charge in [-0.15, -0.1) is 0 Å². The molecule has 2 aliphatic heterocycles. The van der Waals surface area contributed by atoms with Crippen molar-refractivity contribution >= 4 is 32.0 Å². The Kier molecular flexibility index (Phi) is 11.3. The second-order valence-corrected chi connectivity index (χ2v) is 14.4. The summed E-state index contributed by atoms with van der Waals surface area (Å²) in [5.41, 5.74) is -0.360. The third-order valence-electron chi connectivity index (χ3n) is 8.73. The van der Waals surface area contributed by atoms with E-state index in [4.69, 9.17) is 25.3 Å². The van der Waals surface area contributed by atoms with Crippen LogP contribution in [0.4, 0.5) is 17.6 Å². The molecule has 0 aliphatic carbocycles.